The summed E-state index contributed by atoms with van der Waals surface area (Å²) in [4.78, 5) is 48.8. The lowest BCUT2D eigenvalue weighted by molar-refractivity contribution is -0.160. The molecule has 0 unspecified atom stereocenters. The topological polar surface area (TPSA) is 99.2 Å². The predicted octanol–water partition coefficient (Wildman–Crippen LogP) is 1.55. The van der Waals surface area contributed by atoms with Crippen molar-refractivity contribution in [3.63, 3.8) is 0 Å². The number of hydrogen-bond acceptors (Lipinski definition) is 7. The maximum atomic E-state index is 12.7. The molecule has 0 radical (unpaired) electrons. The number of aldehydes is 1. The molecule has 0 bridgehead atoms. The summed E-state index contributed by atoms with van der Waals surface area (Å²) in [5.41, 5.74) is 2.39. The first-order valence-electron chi connectivity index (χ1n) is 9.29. The number of carbonyl (C=O) groups excluding carboxylic acids is 4. The van der Waals surface area contributed by atoms with Gasteiger partial charge in [0, 0.05) is 18.5 Å². The molecule has 8 heteroatoms. The van der Waals surface area contributed by atoms with Gasteiger partial charge < -0.3 is 19.1 Å². The van der Waals surface area contributed by atoms with Crippen molar-refractivity contribution in [1.82, 2.24) is 4.90 Å². The van der Waals surface area contributed by atoms with Crippen LogP contribution in [0.15, 0.2) is 48.5 Å². The highest BCUT2D eigenvalue weighted by Crippen LogP contribution is 2.24. The summed E-state index contributed by atoms with van der Waals surface area (Å²) < 4.78 is 15.1. The van der Waals surface area contributed by atoms with Crippen LogP contribution >= 0.6 is 0 Å². The zero-order valence-corrected chi connectivity index (χ0v) is 16.4. The second kappa shape index (κ2) is 9.69. The fraction of sp³-hybridized carbons (Fsp3) is 0.273. The molecule has 1 aliphatic heterocycles. The van der Waals surface area contributed by atoms with E-state index in [0.717, 1.165) is 11.1 Å². The molecule has 1 amide bonds. The number of rotatable bonds is 7. The van der Waals surface area contributed by atoms with Gasteiger partial charge in [-0.25, -0.2) is 9.59 Å². The number of ether oxygens (including phenoxy) is 3. The number of benzene rings is 2. The summed E-state index contributed by atoms with van der Waals surface area (Å²) in [5, 5.41) is 0. The lowest BCUT2D eigenvalue weighted by Crippen LogP contribution is -2.50. The van der Waals surface area contributed by atoms with E-state index in [9.17, 15) is 19.2 Å². The van der Waals surface area contributed by atoms with Crippen molar-refractivity contribution in [2.24, 2.45) is 0 Å². The SMILES string of the molecule is COC(=O)[C@@H]1Cc2ccccc2CN1C(=O)COC(=O)COc1ccc(C=O)cc1. The van der Waals surface area contributed by atoms with Crippen LogP contribution in [-0.4, -0.2) is 55.4 Å². The number of esters is 2. The van der Waals surface area contributed by atoms with Crippen LogP contribution < -0.4 is 4.74 Å². The minimum atomic E-state index is -0.774. The average Bonchev–Trinajstić information content (AvgIpc) is 2.80. The highest BCUT2D eigenvalue weighted by atomic mass is 16.6. The molecule has 1 atom stereocenters. The van der Waals surface area contributed by atoms with Gasteiger partial charge >= 0.3 is 11.9 Å². The van der Waals surface area contributed by atoms with Crippen molar-refractivity contribution in [2.75, 3.05) is 20.3 Å². The molecule has 1 aliphatic rings. The highest BCUT2D eigenvalue weighted by molar-refractivity contribution is 5.87. The van der Waals surface area contributed by atoms with Crippen LogP contribution in [0.25, 0.3) is 0 Å². The Labute approximate surface area is 173 Å². The van der Waals surface area contributed by atoms with E-state index in [4.69, 9.17) is 14.2 Å². The van der Waals surface area contributed by atoms with E-state index in [0.29, 0.717) is 24.0 Å². The number of carbonyl (C=O) groups is 4. The lowest BCUT2D eigenvalue weighted by Gasteiger charge is -2.35. The van der Waals surface area contributed by atoms with Crippen molar-refractivity contribution in [2.45, 2.75) is 19.0 Å². The number of methoxy groups -OCH3 is 1. The smallest absolute Gasteiger partial charge is 0.344 e. The van der Waals surface area contributed by atoms with Crippen LogP contribution in [0, 0.1) is 0 Å². The van der Waals surface area contributed by atoms with Gasteiger partial charge in [0.2, 0.25) is 0 Å². The Hall–Kier alpha value is -3.68. The van der Waals surface area contributed by atoms with Gasteiger partial charge in [-0.15, -0.1) is 0 Å². The molecule has 0 saturated carbocycles. The van der Waals surface area contributed by atoms with Crippen LogP contribution in [0.4, 0.5) is 0 Å². The van der Waals surface area contributed by atoms with E-state index in [1.54, 1.807) is 24.3 Å². The molecular formula is C22H21NO7. The summed E-state index contributed by atoms with van der Waals surface area (Å²) in [7, 11) is 1.27. The summed E-state index contributed by atoms with van der Waals surface area (Å²) in [5.74, 6) is -1.35. The summed E-state index contributed by atoms with van der Waals surface area (Å²) in [6, 6.07) is 13.0. The Morgan fingerprint density at radius 1 is 1.03 bits per heavy atom. The Bertz CT molecular complexity index is 939. The first-order chi connectivity index (χ1) is 14.5. The van der Waals surface area contributed by atoms with Crippen molar-refractivity contribution in [1.29, 1.82) is 0 Å². The largest absolute Gasteiger partial charge is 0.482 e. The minimum absolute atomic E-state index is 0.228. The standard InChI is InChI=1S/C22H21NO7/c1-28-22(27)19-10-16-4-2-3-5-17(16)11-23(19)20(25)13-30-21(26)14-29-18-8-6-15(12-24)7-9-18/h2-9,12,19H,10-11,13-14H2,1H3/t19-/m0/s1. The minimum Gasteiger partial charge on any atom is -0.482 e. The number of fused-ring (bicyclic) bond motifs is 1. The fourth-order valence-electron chi connectivity index (χ4n) is 3.18. The van der Waals surface area contributed by atoms with Gasteiger partial charge in [0.05, 0.1) is 7.11 Å². The Kier molecular flexibility index (Phi) is 6.79. The van der Waals surface area contributed by atoms with Crippen LogP contribution in [0.2, 0.25) is 0 Å². The van der Waals surface area contributed by atoms with Gasteiger partial charge in [-0.05, 0) is 35.4 Å². The Morgan fingerprint density at radius 3 is 2.40 bits per heavy atom. The Balaban J connectivity index is 1.56. The first-order valence-corrected chi connectivity index (χ1v) is 9.29. The van der Waals surface area contributed by atoms with E-state index in [1.807, 2.05) is 24.3 Å². The van der Waals surface area contributed by atoms with Gasteiger partial charge in [-0.1, -0.05) is 24.3 Å². The normalized spacial score (nSPS) is 15.0. The molecule has 0 aromatic heterocycles. The van der Waals surface area contributed by atoms with Crippen molar-refractivity contribution < 1.29 is 33.4 Å². The summed E-state index contributed by atoms with van der Waals surface area (Å²) in [6.45, 7) is -0.676. The fourth-order valence-corrected chi connectivity index (χ4v) is 3.18. The lowest BCUT2D eigenvalue weighted by atomic mass is 9.94. The maximum Gasteiger partial charge on any atom is 0.344 e. The molecule has 2 aromatic carbocycles. The van der Waals surface area contributed by atoms with E-state index >= 15 is 0 Å². The first kappa shape index (κ1) is 21.0. The highest BCUT2D eigenvalue weighted by Gasteiger charge is 2.35. The van der Waals surface area contributed by atoms with Crippen molar-refractivity contribution in [3.05, 3.63) is 65.2 Å². The van der Waals surface area contributed by atoms with Gasteiger partial charge in [0.15, 0.2) is 13.2 Å². The second-order valence-electron chi connectivity index (χ2n) is 6.67. The average molecular weight is 411 g/mol. The molecule has 3 rings (SSSR count). The monoisotopic (exact) mass is 411 g/mol. The molecule has 0 saturated heterocycles. The van der Waals surface area contributed by atoms with E-state index < -0.39 is 37.1 Å². The van der Waals surface area contributed by atoms with Crippen LogP contribution in [-0.2, 0) is 36.8 Å². The predicted molar refractivity (Wildman–Crippen MR) is 105 cm³/mol. The molecule has 0 spiro atoms. The van der Waals surface area contributed by atoms with E-state index in [-0.39, 0.29) is 6.54 Å². The van der Waals surface area contributed by atoms with E-state index in [1.165, 1.54) is 12.0 Å². The van der Waals surface area contributed by atoms with Crippen molar-refractivity contribution in [3.8, 4) is 5.75 Å². The maximum absolute atomic E-state index is 12.7. The zero-order chi connectivity index (χ0) is 21.5. The van der Waals surface area contributed by atoms with Crippen LogP contribution in [0.1, 0.15) is 21.5 Å². The number of amides is 1. The second-order valence-corrected chi connectivity index (χ2v) is 6.67. The quantitative estimate of drug-likeness (QED) is 0.503. The molecule has 0 aliphatic carbocycles. The van der Waals surface area contributed by atoms with Gasteiger partial charge in [0.25, 0.3) is 5.91 Å². The molecule has 0 N–H and O–H groups in total. The third kappa shape index (κ3) is 5.02. The third-order valence-electron chi connectivity index (χ3n) is 4.77. The van der Waals surface area contributed by atoms with Crippen molar-refractivity contribution >= 4 is 24.1 Å². The van der Waals surface area contributed by atoms with E-state index in [2.05, 4.69) is 0 Å². The molecule has 156 valence electrons. The third-order valence-corrected chi connectivity index (χ3v) is 4.77. The van der Waals surface area contributed by atoms with Gasteiger partial charge in [-0.3, -0.25) is 9.59 Å². The molecule has 0 fully saturated rings. The van der Waals surface area contributed by atoms with Crippen LogP contribution in [0.3, 0.4) is 0 Å². The molecule has 8 nitrogen and oxygen atoms in total. The molecular weight excluding hydrogens is 390 g/mol. The summed E-state index contributed by atoms with van der Waals surface area (Å²) >= 11 is 0. The summed E-state index contributed by atoms with van der Waals surface area (Å²) in [6.07, 6.45) is 1.03. The molecule has 2 aromatic rings. The number of nitrogens with zero attached hydrogens (tertiary/aromatic N) is 1. The molecule has 1 heterocycles. The zero-order valence-electron chi connectivity index (χ0n) is 16.4. The van der Waals surface area contributed by atoms with Crippen LogP contribution in [0.5, 0.6) is 5.75 Å². The Morgan fingerprint density at radius 2 is 1.73 bits per heavy atom. The van der Waals surface area contributed by atoms with Gasteiger partial charge in [0.1, 0.15) is 18.1 Å². The number of hydrogen-bond donors (Lipinski definition) is 0. The molecule has 30 heavy (non-hydrogen) atoms. The van der Waals surface area contributed by atoms with Gasteiger partial charge in [-0.2, -0.15) is 0 Å².